The van der Waals surface area contributed by atoms with Gasteiger partial charge in [0.1, 0.15) is 5.75 Å². The summed E-state index contributed by atoms with van der Waals surface area (Å²) in [6.07, 6.45) is 2.51. The van der Waals surface area contributed by atoms with E-state index in [9.17, 15) is 14.9 Å². The Kier molecular flexibility index (Phi) is 6.26. The molecule has 1 N–H and O–H groups in total. The predicted octanol–water partition coefficient (Wildman–Crippen LogP) is 3.86. The second-order valence-corrected chi connectivity index (χ2v) is 6.80. The molecular weight excluding hydrogens is 370 g/mol. The van der Waals surface area contributed by atoms with Crippen LogP contribution in [-0.2, 0) is 11.3 Å². The lowest BCUT2D eigenvalue weighted by Gasteiger charge is -2.15. The zero-order chi connectivity index (χ0) is 19.2. The molecule has 0 bridgehead atoms. The maximum Gasteiger partial charge on any atom is 0.271 e. The summed E-state index contributed by atoms with van der Waals surface area (Å²) in [5.74, 6) is -0.116. The molecule has 142 valence electrons. The van der Waals surface area contributed by atoms with Crippen molar-refractivity contribution in [3.63, 3.8) is 0 Å². The first-order valence-electron chi connectivity index (χ1n) is 8.69. The van der Waals surface area contributed by atoms with E-state index in [0.29, 0.717) is 5.69 Å². The van der Waals surface area contributed by atoms with Crippen LogP contribution >= 0.6 is 11.6 Å². The van der Waals surface area contributed by atoms with Crippen LogP contribution in [-0.4, -0.2) is 35.4 Å². The van der Waals surface area contributed by atoms with Gasteiger partial charge in [-0.25, -0.2) is 0 Å². The molecule has 1 saturated heterocycles. The van der Waals surface area contributed by atoms with Crippen molar-refractivity contribution in [2.45, 2.75) is 19.4 Å². The zero-order valence-electron chi connectivity index (χ0n) is 14.7. The Morgan fingerprint density at radius 2 is 1.89 bits per heavy atom. The molecule has 1 heterocycles. The second kappa shape index (κ2) is 8.83. The highest BCUT2D eigenvalue weighted by molar-refractivity contribution is 6.32. The van der Waals surface area contributed by atoms with Gasteiger partial charge in [-0.15, -0.1) is 0 Å². The quantitative estimate of drug-likeness (QED) is 0.574. The molecule has 0 aliphatic carbocycles. The number of nitro groups is 1. The maximum atomic E-state index is 12.0. The summed E-state index contributed by atoms with van der Waals surface area (Å²) in [6, 6.07) is 11.6. The van der Waals surface area contributed by atoms with Crippen molar-refractivity contribution in [1.29, 1.82) is 0 Å². The van der Waals surface area contributed by atoms with Gasteiger partial charge in [-0.3, -0.25) is 19.8 Å². The van der Waals surface area contributed by atoms with Crippen molar-refractivity contribution < 1.29 is 14.5 Å². The third kappa shape index (κ3) is 5.42. The second-order valence-electron chi connectivity index (χ2n) is 6.39. The molecule has 2 aromatic carbocycles. The van der Waals surface area contributed by atoms with Crippen molar-refractivity contribution in [2.24, 2.45) is 0 Å². The molecule has 27 heavy (non-hydrogen) atoms. The van der Waals surface area contributed by atoms with Crippen LogP contribution in [0.15, 0.2) is 42.5 Å². The summed E-state index contributed by atoms with van der Waals surface area (Å²) in [6.45, 7) is 2.96. The molecule has 0 atom stereocenters. The van der Waals surface area contributed by atoms with Gasteiger partial charge in [0.15, 0.2) is 6.61 Å². The van der Waals surface area contributed by atoms with E-state index in [1.54, 1.807) is 0 Å². The molecule has 1 aliphatic rings. The molecule has 1 amide bonds. The first-order chi connectivity index (χ1) is 13.0. The number of benzene rings is 2. The summed E-state index contributed by atoms with van der Waals surface area (Å²) < 4.78 is 5.34. The van der Waals surface area contributed by atoms with Gasteiger partial charge in [0.25, 0.3) is 11.6 Å². The highest BCUT2D eigenvalue weighted by Gasteiger charge is 2.13. The Balaban J connectivity index is 1.49. The lowest BCUT2D eigenvalue weighted by atomic mass is 10.2. The summed E-state index contributed by atoms with van der Waals surface area (Å²) in [4.78, 5) is 24.6. The third-order valence-electron chi connectivity index (χ3n) is 4.33. The fourth-order valence-electron chi connectivity index (χ4n) is 2.95. The molecule has 0 unspecified atom stereocenters. The zero-order valence-corrected chi connectivity index (χ0v) is 15.4. The molecule has 7 nitrogen and oxygen atoms in total. The average molecular weight is 390 g/mol. The number of halogens is 1. The van der Waals surface area contributed by atoms with E-state index in [1.807, 2.05) is 24.3 Å². The fraction of sp³-hybridized carbons (Fsp3) is 0.316. The van der Waals surface area contributed by atoms with E-state index in [-0.39, 0.29) is 29.0 Å². The highest BCUT2D eigenvalue weighted by atomic mass is 35.5. The fourth-order valence-corrected chi connectivity index (χ4v) is 3.18. The number of amides is 1. The molecule has 8 heteroatoms. The van der Waals surface area contributed by atoms with Crippen LogP contribution in [0.3, 0.4) is 0 Å². The monoisotopic (exact) mass is 389 g/mol. The minimum atomic E-state index is -0.546. The first kappa shape index (κ1) is 19.1. The maximum absolute atomic E-state index is 12.0. The number of anilines is 1. The number of nitrogens with zero attached hydrogens (tertiary/aromatic N) is 2. The van der Waals surface area contributed by atoms with Gasteiger partial charge < -0.3 is 10.1 Å². The van der Waals surface area contributed by atoms with E-state index >= 15 is 0 Å². The molecule has 0 radical (unpaired) electrons. The van der Waals surface area contributed by atoms with Crippen LogP contribution in [0.5, 0.6) is 5.75 Å². The summed E-state index contributed by atoms with van der Waals surface area (Å²) in [5.41, 5.74) is 1.76. The Bertz CT molecular complexity index is 820. The first-order valence-corrected chi connectivity index (χ1v) is 9.07. The number of hydrogen-bond donors (Lipinski definition) is 1. The van der Waals surface area contributed by atoms with Crippen molar-refractivity contribution in [1.82, 2.24) is 4.90 Å². The molecular formula is C19H20ClN3O4. The van der Waals surface area contributed by atoms with Crippen molar-refractivity contribution in [3.05, 3.63) is 63.2 Å². The van der Waals surface area contributed by atoms with E-state index in [2.05, 4.69) is 10.2 Å². The molecule has 1 aliphatic heterocycles. The average Bonchev–Trinajstić information content (AvgIpc) is 3.15. The number of likely N-dealkylation sites (tertiary alicyclic amines) is 1. The lowest BCUT2D eigenvalue weighted by Crippen LogP contribution is -2.20. The van der Waals surface area contributed by atoms with Crippen LogP contribution in [0.25, 0.3) is 0 Å². The van der Waals surface area contributed by atoms with Gasteiger partial charge in [0.05, 0.1) is 9.95 Å². The number of rotatable bonds is 7. The standard InChI is InChI=1S/C19H20ClN3O4/c20-17-11-16(23(25)26)7-8-18(17)27-13-19(24)21-15-5-3-14(4-6-15)12-22-9-1-2-10-22/h3-8,11H,1-2,9-10,12-13H2,(H,21,24). The molecule has 1 fully saturated rings. The smallest absolute Gasteiger partial charge is 0.271 e. The van der Waals surface area contributed by atoms with Crippen molar-refractivity contribution >= 4 is 28.9 Å². The number of nitro benzene ring substituents is 1. The summed E-state index contributed by atoms with van der Waals surface area (Å²) >= 11 is 5.94. The number of carbonyl (C=O) groups excluding carboxylic acids is 1. The Morgan fingerprint density at radius 1 is 1.19 bits per heavy atom. The van der Waals surface area contributed by atoms with Crippen LogP contribution < -0.4 is 10.1 Å². The van der Waals surface area contributed by atoms with Crippen LogP contribution in [0.4, 0.5) is 11.4 Å². The van der Waals surface area contributed by atoms with Gasteiger partial charge in [-0.1, -0.05) is 23.7 Å². The molecule has 2 aromatic rings. The Labute approximate surface area is 162 Å². The SMILES string of the molecule is O=C(COc1ccc([N+](=O)[O-])cc1Cl)Nc1ccc(CN2CCCC2)cc1. The number of carbonyl (C=O) groups is 1. The Morgan fingerprint density at radius 3 is 2.52 bits per heavy atom. The van der Waals surface area contributed by atoms with Crippen LogP contribution in [0.1, 0.15) is 18.4 Å². The van der Waals surface area contributed by atoms with Crippen LogP contribution in [0, 0.1) is 10.1 Å². The van der Waals surface area contributed by atoms with E-state index in [0.717, 1.165) is 19.6 Å². The normalized spacial score (nSPS) is 14.1. The largest absolute Gasteiger partial charge is 0.482 e. The molecule has 0 aromatic heterocycles. The number of hydrogen-bond acceptors (Lipinski definition) is 5. The molecule has 0 spiro atoms. The topological polar surface area (TPSA) is 84.7 Å². The minimum Gasteiger partial charge on any atom is -0.482 e. The molecule has 0 saturated carbocycles. The van der Waals surface area contributed by atoms with Gasteiger partial charge in [-0.2, -0.15) is 0 Å². The third-order valence-corrected chi connectivity index (χ3v) is 4.62. The van der Waals surface area contributed by atoms with E-state index in [1.165, 1.54) is 36.6 Å². The van der Waals surface area contributed by atoms with Crippen molar-refractivity contribution in [3.8, 4) is 5.75 Å². The van der Waals surface area contributed by atoms with Crippen molar-refractivity contribution in [2.75, 3.05) is 25.0 Å². The minimum absolute atomic E-state index is 0.0864. The number of non-ortho nitro benzene ring substituents is 1. The number of nitrogens with one attached hydrogen (secondary N) is 1. The number of ether oxygens (including phenoxy) is 1. The predicted molar refractivity (Wildman–Crippen MR) is 103 cm³/mol. The highest BCUT2D eigenvalue weighted by Crippen LogP contribution is 2.28. The lowest BCUT2D eigenvalue weighted by molar-refractivity contribution is -0.384. The van der Waals surface area contributed by atoms with E-state index < -0.39 is 4.92 Å². The molecule has 3 rings (SSSR count). The summed E-state index contributed by atoms with van der Waals surface area (Å²) in [7, 11) is 0. The van der Waals surface area contributed by atoms with Gasteiger partial charge in [0, 0.05) is 24.4 Å². The van der Waals surface area contributed by atoms with Gasteiger partial charge in [-0.05, 0) is 49.7 Å². The Hall–Kier alpha value is -2.64. The van der Waals surface area contributed by atoms with Gasteiger partial charge in [0.2, 0.25) is 0 Å². The van der Waals surface area contributed by atoms with Gasteiger partial charge >= 0.3 is 0 Å². The van der Waals surface area contributed by atoms with Crippen LogP contribution in [0.2, 0.25) is 5.02 Å². The summed E-state index contributed by atoms with van der Waals surface area (Å²) in [5, 5.41) is 13.5. The van der Waals surface area contributed by atoms with E-state index in [4.69, 9.17) is 16.3 Å².